The average Bonchev–Trinajstić information content (AvgIpc) is 3.10. The molecule has 1 unspecified atom stereocenters. The summed E-state index contributed by atoms with van der Waals surface area (Å²) in [6.07, 6.45) is 2.57. The normalized spacial score (nSPS) is 11.6. The van der Waals surface area contributed by atoms with Crippen LogP contribution in [0, 0.1) is 17.7 Å². The molecule has 1 aromatic carbocycles. The van der Waals surface area contributed by atoms with Gasteiger partial charge in [0.05, 0.1) is 0 Å². The Morgan fingerprint density at radius 3 is 2.71 bits per heavy atom. The van der Waals surface area contributed by atoms with Gasteiger partial charge in [-0.2, -0.15) is 4.98 Å². The highest BCUT2D eigenvalue weighted by molar-refractivity contribution is 5.50. The summed E-state index contributed by atoms with van der Waals surface area (Å²) in [7, 11) is 0. The van der Waals surface area contributed by atoms with Gasteiger partial charge in [-0.15, -0.1) is 0 Å². The zero-order valence-electron chi connectivity index (χ0n) is 13.5. The van der Waals surface area contributed by atoms with E-state index in [1.165, 1.54) is 12.1 Å². The molecule has 0 fully saturated rings. The number of benzene rings is 1. The van der Waals surface area contributed by atoms with Gasteiger partial charge in [0.1, 0.15) is 11.5 Å². The van der Waals surface area contributed by atoms with E-state index in [1.54, 1.807) is 24.4 Å². The minimum absolute atomic E-state index is 0.225. The van der Waals surface area contributed by atoms with Crippen molar-refractivity contribution in [1.29, 1.82) is 0 Å². The molecule has 0 radical (unpaired) electrons. The average molecular weight is 321 g/mol. The largest absolute Gasteiger partial charge is 0.339 e. The number of aromatic nitrogens is 3. The molecular weight excluding hydrogens is 305 g/mol. The maximum atomic E-state index is 13.1. The van der Waals surface area contributed by atoms with Crippen LogP contribution < -0.4 is 0 Å². The lowest BCUT2D eigenvalue weighted by Gasteiger charge is -1.98. The van der Waals surface area contributed by atoms with Crippen molar-refractivity contribution >= 4 is 0 Å². The number of pyridine rings is 1. The minimum atomic E-state index is -0.301. The fourth-order valence-electron chi connectivity index (χ4n) is 2.02. The summed E-state index contributed by atoms with van der Waals surface area (Å²) < 4.78 is 18.4. The fourth-order valence-corrected chi connectivity index (χ4v) is 2.02. The first-order valence-corrected chi connectivity index (χ1v) is 7.73. The van der Waals surface area contributed by atoms with Gasteiger partial charge in [-0.1, -0.05) is 36.9 Å². The highest BCUT2D eigenvalue weighted by Crippen LogP contribution is 2.20. The van der Waals surface area contributed by atoms with Crippen LogP contribution in [0.1, 0.15) is 43.2 Å². The molecule has 24 heavy (non-hydrogen) atoms. The van der Waals surface area contributed by atoms with Crippen molar-refractivity contribution in [2.75, 3.05) is 0 Å². The molecular formula is C19H16FN3O. The van der Waals surface area contributed by atoms with Crippen LogP contribution in [0.4, 0.5) is 4.39 Å². The van der Waals surface area contributed by atoms with Gasteiger partial charge >= 0.3 is 0 Å². The van der Waals surface area contributed by atoms with Crippen LogP contribution in [0.25, 0.3) is 11.5 Å². The van der Waals surface area contributed by atoms with Gasteiger partial charge in [0.2, 0.25) is 11.7 Å². The molecule has 0 saturated carbocycles. The van der Waals surface area contributed by atoms with Crippen molar-refractivity contribution in [2.24, 2.45) is 0 Å². The minimum Gasteiger partial charge on any atom is -0.339 e. The van der Waals surface area contributed by atoms with E-state index in [0.29, 0.717) is 23.0 Å². The molecule has 5 heteroatoms. The fraction of sp³-hybridized carbons (Fsp3) is 0.211. The molecule has 0 aliphatic carbocycles. The topological polar surface area (TPSA) is 51.8 Å². The van der Waals surface area contributed by atoms with Crippen molar-refractivity contribution < 1.29 is 8.91 Å². The van der Waals surface area contributed by atoms with Crippen molar-refractivity contribution in [3.8, 4) is 23.4 Å². The number of rotatable bonds is 3. The molecule has 3 aromatic rings. The standard InChI is InChI=1S/C19H16FN3O/c1-3-13(2)19-22-18(23-24-19)17-10-9-15(12-21-17)8-7-14-5-4-6-16(20)11-14/h4-6,9-13H,3H2,1-2H3. The first kappa shape index (κ1) is 15.9. The Hall–Kier alpha value is -3.00. The van der Waals surface area contributed by atoms with E-state index in [1.807, 2.05) is 13.0 Å². The predicted octanol–water partition coefficient (Wildman–Crippen LogP) is 4.18. The first-order chi connectivity index (χ1) is 11.7. The van der Waals surface area contributed by atoms with E-state index >= 15 is 0 Å². The van der Waals surface area contributed by atoms with E-state index < -0.39 is 0 Å². The number of halogens is 1. The SMILES string of the molecule is CCC(C)c1nc(-c2ccc(C#Cc3cccc(F)c3)cn2)no1. The van der Waals surface area contributed by atoms with E-state index in [0.717, 1.165) is 12.0 Å². The van der Waals surface area contributed by atoms with Crippen molar-refractivity contribution in [3.05, 3.63) is 65.4 Å². The molecule has 0 spiro atoms. The highest BCUT2D eigenvalue weighted by Gasteiger charge is 2.14. The highest BCUT2D eigenvalue weighted by atomic mass is 19.1. The Kier molecular flexibility index (Phi) is 4.66. The van der Waals surface area contributed by atoms with Crippen molar-refractivity contribution in [3.63, 3.8) is 0 Å². The molecule has 120 valence electrons. The molecule has 0 N–H and O–H groups in total. The second-order valence-electron chi connectivity index (χ2n) is 5.46. The van der Waals surface area contributed by atoms with Gasteiger partial charge in [0.15, 0.2) is 0 Å². The molecule has 2 aromatic heterocycles. The van der Waals surface area contributed by atoms with Crippen LogP contribution >= 0.6 is 0 Å². The van der Waals surface area contributed by atoms with Gasteiger partial charge in [0, 0.05) is 23.2 Å². The van der Waals surface area contributed by atoms with E-state index in [-0.39, 0.29) is 11.7 Å². The molecule has 0 bridgehead atoms. The third-order valence-corrected chi connectivity index (χ3v) is 3.64. The summed E-state index contributed by atoms with van der Waals surface area (Å²) in [5.74, 6) is 6.87. The molecule has 2 heterocycles. The zero-order valence-corrected chi connectivity index (χ0v) is 13.5. The molecule has 0 aliphatic rings. The number of nitrogens with zero attached hydrogens (tertiary/aromatic N) is 3. The molecule has 0 amide bonds. The third-order valence-electron chi connectivity index (χ3n) is 3.64. The van der Waals surface area contributed by atoms with Crippen LogP contribution in [-0.4, -0.2) is 15.1 Å². The van der Waals surface area contributed by atoms with Crippen LogP contribution in [0.3, 0.4) is 0 Å². The maximum Gasteiger partial charge on any atom is 0.229 e. The van der Waals surface area contributed by atoms with Gasteiger partial charge < -0.3 is 4.52 Å². The lowest BCUT2D eigenvalue weighted by atomic mass is 10.1. The predicted molar refractivity (Wildman–Crippen MR) is 88.6 cm³/mol. The van der Waals surface area contributed by atoms with Crippen molar-refractivity contribution in [1.82, 2.24) is 15.1 Å². The summed E-state index contributed by atoms with van der Waals surface area (Å²) in [6.45, 7) is 4.11. The summed E-state index contributed by atoms with van der Waals surface area (Å²) in [5, 5.41) is 3.96. The Morgan fingerprint density at radius 2 is 2.00 bits per heavy atom. The number of hydrogen-bond acceptors (Lipinski definition) is 4. The van der Waals surface area contributed by atoms with Crippen LogP contribution in [-0.2, 0) is 0 Å². The second kappa shape index (κ2) is 7.05. The van der Waals surface area contributed by atoms with E-state index in [9.17, 15) is 4.39 Å². The number of hydrogen-bond donors (Lipinski definition) is 0. The van der Waals surface area contributed by atoms with Gasteiger partial charge in [-0.25, -0.2) is 4.39 Å². The van der Waals surface area contributed by atoms with Gasteiger partial charge in [0.25, 0.3) is 0 Å². The molecule has 1 atom stereocenters. The maximum absolute atomic E-state index is 13.1. The Balaban J connectivity index is 1.78. The quantitative estimate of drug-likeness (QED) is 0.679. The second-order valence-corrected chi connectivity index (χ2v) is 5.46. The molecule has 0 aliphatic heterocycles. The lowest BCUT2D eigenvalue weighted by Crippen LogP contribution is -1.92. The molecule has 0 saturated heterocycles. The van der Waals surface area contributed by atoms with Gasteiger partial charge in [-0.3, -0.25) is 4.98 Å². The van der Waals surface area contributed by atoms with Gasteiger partial charge in [-0.05, 0) is 36.8 Å². The summed E-state index contributed by atoms with van der Waals surface area (Å²) >= 11 is 0. The van der Waals surface area contributed by atoms with E-state index in [2.05, 4.69) is 33.9 Å². The van der Waals surface area contributed by atoms with E-state index in [4.69, 9.17) is 4.52 Å². The molecule has 3 rings (SSSR count). The van der Waals surface area contributed by atoms with Crippen molar-refractivity contribution in [2.45, 2.75) is 26.2 Å². The lowest BCUT2D eigenvalue weighted by molar-refractivity contribution is 0.357. The van der Waals surface area contributed by atoms with Crippen LogP contribution in [0.15, 0.2) is 47.1 Å². The Labute approximate surface area is 139 Å². The smallest absolute Gasteiger partial charge is 0.229 e. The van der Waals surface area contributed by atoms with Crippen LogP contribution in [0.5, 0.6) is 0 Å². The monoisotopic (exact) mass is 321 g/mol. The summed E-state index contributed by atoms with van der Waals surface area (Å²) in [6, 6.07) is 9.79. The first-order valence-electron chi connectivity index (χ1n) is 7.73. The third kappa shape index (κ3) is 3.66. The Morgan fingerprint density at radius 1 is 1.17 bits per heavy atom. The summed E-state index contributed by atoms with van der Waals surface area (Å²) in [5.41, 5.74) is 1.98. The summed E-state index contributed by atoms with van der Waals surface area (Å²) in [4.78, 5) is 8.68. The molecule has 4 nitrogen and oxygen atoms in total. The van der Waals surface area contributed by atoms with Crippen LogP contribution in [0.2, 0.25) is 0 Å². The zero-order chi connectivity index (χ0) is 16.9. The Bertz CT molecular complexity index is 891.